The van der Waals surface area contributed by atoms with Crippen LogP contribution in [0.15, 0.2) is 18.5 Å². The summed E-state index contributed by atoms with van der Waals surface area (Å²) < 4.78 is 1.87. The van der Waals surface area contributed by atoms with Crippen molar-refractivity contribution < 1.29 is 0 Å². The highest BCUT2D eigenvalue weighted by molar-refractivity contribution is 6.29. The highest BCUT2D eigenvalue weighted by Crippen LogP contribution is 2.14. The van der Waals surface area contributed by atoms with E-state index in [1.54, 1.807) is 12.3 Å². The molecule has 5 nitrogen and oxygen atoms in total. The van der Waals surface area contributed by atoms with Crippen LogP contribution in [0, 0.1) is 0 Å². The Morgan fingerprint density at radius 2 is 2.25 bits per heavy atom. The Morgan fingerprint density at radius 3 is 2.94 bits per heavy atom. The Kier molecular flexibility index (Phi) is 3.05. The summed E-state index contributed by atoms with van der Waals surface area (Å²) >= 11 is 5.83. The van der Waals surface area contributed by atoms with E-state index in [2.05, 4.69) is 21.9 Å². The van der Waals surface area contributed by atoms with Crippen LogP contribution in [-0.2, 0) is 6.42 Å². The predicted octanol–water partition coefficient (Wildman–Crippen LogP) is 1.85. The topological polar surface area (TPSA) is 69.6 Å². The molecule has 2 aromatic rings. The highest BCUT2D eigenvalue weighted by Gasteiger charge is 2.07. The van der Waals surface area contributed by atoms with E-state index in [0.717, 1.165) is 18.7 Å². The Morgan fingerprint density at radius 1 is 1.44 bits per heavy atom. The van der Waals surface area contributed by atoms with Gasteiger partial charge in [0, 0.05) is 24.9 Å². The van der Waals surface area contributed by atoms with Crippen LogP contribution in [0.1, 0.15) is 19.2 Å². The molecule has 2 N–H and O–H groups in total. The number of aryl methyl sites for hydroxylation is 1. The summed E-state index contributed by atoms with van der Waals surface area (Å²) in [6.45, 7) is 2.10. The summed E-state index contributed by atoms with van der Waals surface area (Å²) in [5.41, 5.74) is 5.55. The van der Waals surface area contributed by atoms with Gasteiger partial charge in [-0.25, -0.2) is 9.97 Å². The SMILES string of the molecule is CCCc1nccn1-c1cc(Cl)nc(N)n1. The predicted molar refractivity (Wildman–Crippen MR) is 62.6 cm³/mol. The fourth-order valence-corrected chi connectivity index (χ4v) is 1.68. The third-order valence-electron chi connectivity index (χ3n) is 2.14. The summed E-state index contributed by atoms with van der Waals surface area (Å²) in [6.07, 6.45) is 5.47. The van der Waals surface area contributed by atoms with Gasteiger partial charge in [0.05, 0.1) is 0 Å². The molecule has 0 aliphatic heterocycles. The Balaban J connectivity index is 2.45. The van der Waals surface area contributed by atoms with Crippen molar-refractivity contribution in [3.05, 3.63) is 29.4 Å². The summed E-state index contributed by atoms with van der Waals surface area (Å²) in [5.74, 6) is 1.76. The zero-order valence-electron chi connectivity index (χ0n) is 8.89. The van der Waals surface area contributed by atoms with Crippen LogP contribution in [0.2, 0.25) is 5.15 Å². The summed E-state index contributed by atoms with van der Waals surface area (Å²) in [6, 6.07) is 1.67. The van der Waals surface area contributed by atoms with Gasteiger partial charge < -0.3 is 5.73 Å². The molecule has 2 aromatic heterocycles. The average Bonchev–Trinajstić information content (AvgIpc) is 2.65. The number of nitrogens with two attached hydrogens (primary N) is 1. The molecule has 0 saturated heterocycles. The van der Waals surface area contributed by atoms with Crippen molar-refractivity contribution in [1.82, 2.24) is 19.5 Å². The number of anilines is 1. The van der Waals surface area contributed by atoms with Gasteiger partial charge in [-0.1, -0.05) is 18.5 Å². The summed E-state index contributed by atoms with van der Waals surface area (Å²) in [7, 11) is 0. The Labute approximate surface area is 98.3 Å². The molecular weight excluding hydrogens is 226 g/mol. The van der Waals surface area contributed by atoms with E-state index in [1.165, 1.54) is 0 Å². The first kappa shape index (κ1) is 10.9. The lowest BCUT2D eigenvalue weighted by Crippen LogP contribution is -2.05. The molecule has 2 rings (SSSR count). The monoisotopic (exact) mass is 237 g/mol. The second-order valence-electron chi connectivity index (χ2n) is 3.37. The van der Waals surface area contributed by atoms with E-state index >= 15 is 0 Å². The van der Waals surface area contributed by atoms with Crippen LogP contribution in [-0.4, -0.2) is 19.5 Å². The number of aromatic nitrogens is 4. The maximum absolute atomic E-state index is 5.83. The molecule has 0 amide bonds. The van der Waals surface area contributed by atoms with E-state index in [4.69, 9.17) is 17.3 Å². The molecule has 0 aromatic carbocycles. The van der Waals surface area contributed by atoms with Gasteiger partial charge in [-0.3, -0.25) is 4.57 Å². The highest BCUT2D eigenvalue weighted by atomic mass is 35.5. The molecule has 0 saturated carbocycles. The Bertz CT molecular complexity index is 473. The number of hydrogen-bond donors (Lipinski definition) is 1. The third kappa shape index (κ3) is 2.14. The van der Waals surface area contributed by atoms with E-state index in [0.29, 0.717) is 11.0 Å². The molecule has 0 spiro atoms. The lowest BCUT2D eigenvalue weighted by molar-refractivity contribution is 0.797. The van der Waals surface area contributed by atoms with Gasteiger partial charge in [-0.2, -0.15) is 4.98 Å². The first-order chi connectivity index (χ1) is 7.70. The molecule has 0 aliphatic rings. The largest absolute Gasteiger partial charge is 0.368 e. The van der Waals surface area contributed by atoms with Gasteiger partial charge in [0.1, 0.15) is 16.8 Å². The second-order valence-corrected chi connectivity index (χ2v) is 3.76. The molecule has 0 unspecified atom stereocenters. The third-order valence-corrected chi connectivity index (χ3v) is 2.33. The molecule has 6 heteroatoms. The van der Waals surface area contributed by atoms with Crippen molar-refractivity contribution in [3.8, 4) is 5.82 Å². The molecular formula is C10H12ClN5. The lowest BCUT2D eigenvalue weighted by atomic mass is 10.3. The average molecular weight is 238 g/mol. The van der Waals surface area contributed by atoms with Crippen molar-refractivity contribution in [1.29, 1.82) is 0 Å². The van der Waals surface area contributed by atoms with Gasteiger partial charge in [-0.15, -0.1) is 0 Å². The zero-order valence-corrected chi connectivity index (χ0v) is 9.65. The van der Waals surface area contributed by atoms with Crippen molar-refractivity contribution in [3.63, 3.8) is 0 Å². The van der Waals surface area contributed by atoms with Gasteiger partial charge in [-0.05, 0) is 6.42 Å². The number of hydrogen-bond acceptors (Lipinski definition) is 4. The number of imidazole rings is 1. The van der Waals surface area contributed by atoms with Gasteiger partial charge in [0.15, 0.2) is 0 Å². The Hall–Kier alpha value is -1.62. The fourth-order valence-electron chi connectivity index (χ4n) is 1.50. The van der Waals surface area contributed by atoms with Crippen LogP contribution in [0.25, 0.3) is 5.82 Å². The second kappa shape index (κ2) is 4.49. The van der Waals surface area contributed by atoms with Crippen molar-refractivity contribution in [2.75, 3.05) is 5.73 Å². The minimum absolute atomic E-state index is 0.165. The minimum Gasteiger partial charge on any atom is -0.368 e. The number of rotatable bonds is 3. The van der Waals surface area contributed by atoms with E-state index in [-0.39, 0.29) is 5.95 Å². The number of nitrogen functional groups attached to an aromatic ring is 1. The van der Waals surface area contributed by atoms with Crippen LogP contribution in [0.3, 0.4) is 0 Å². The van der Waals surface area contributed by atoms with Crippen LogP contribution < -0.4 is 5.73 Å². The molecule has 84 valence electrons. The lowest BCUT2D eigenvalue weighted by Gasteiger charge is -2.06. The smallest absolute Gasteiger partial charge is 0.223 e. The molecule has 0 aliphatic carbocycles. The maximum Gasteiger partial charge on any atom is 0.223 e. The van der Waals surface area contributed by atoms with Crippen LogP contribution in [0.4, 0.5) is 5.95 Å². The molecule has 0 atom stereocenters. The maximum atomic E-state index is 5.83. The quantitative estimate of drug-likeness (QED) is 0.828. The van der Waals surface area contributed by atoms with E-state index in [1.807, 2.05) is 10.8 Å². The van der Waals surface area contributed by atoms with Gasteiger partial charge >= 0.3 is 0 Å². The van der Waals surface area contributed by atoms with Crippen molar-refractivity contribution in [2.45, 2.75) is 19.8 Å². The zero-order chi connectivity index (χ0) is 11.5. The van der Waals surface area contributed by atoms with Crippen molar-refractivity contribution in [2.24, 2.45) is 0 Å². The first-order valence-electron chi connectivity index (χ1n) is 5.03. The summed E-state index contributed by atoms with van der Waals surface area (Å²) in [4.78, 5) is 12.2. The number of halogens is 1. The first-order valence-corrected chi connectivity index (χ1v) is 5.41. The normalized spacial score (nSPS) is 10.6. The van der Waals surface area contributed by atoms with Gasteiger partial charge in [0.25, 0.3) is 0 Å². The molecule has 2 heterocycles. The van der Waals surface area contributed by atoms with Gasteiger partial charge in [0.2, 0.25) is 5.95 Å². The standard InChI is InChI=1S/C10H12ClN5/c1-2-3-8-13-4-5-16(8)9-6-7(11)14-10(12)15-9/h4-6H,2-3H2,1H3,(H2,12,14,15). The molecule has 16 heavy (non-hydrogen) atoms. The van der Waals surface area contributed by atoms with E-state index in [9.17, 15) is 0 Å². The number of nitrogens with zero attached hydrogens (tertiary/aromatic N) is 4. The van der Waals surface area contributed by atoms with Crippen molar-refractivity contribution >= 4 is 17.5 Å². The van der Waals surface area contributed by atoms with Crippen LogP contribution in [0.5, 0.6) is 0 Å². The van der Waals surface area contributed by atoms with E-state index < -0.39 is 0 Å². The van der Waals surface area contributed by atoms with Crippen LogP contribution >= 0.6 is 11.6 Å². The minimum atomic E-state index is 0.165. The summed E-state index contributed by atoms with van der Waals surface area (Å²) in [5, 5.41) is 0.332. The molecule has 0 fully saturated rings. The molecule has 0 radical (unpaired) electrons. The molecule has 0 bridgehead atoms. The fraction of sp³-hybridized carbons (Fsp3) is 0.300.